The maximum Gasteiger partial charge on any atom is 0.259 e. The Morgan fingerprint density at radius 2 is 2.12 bits per heavy atom. The number of amides is 1. The van der Waals surface area contributed by atoms with Gasteiger partial charge in [0.1, 0.15) is 5.75 Å². The van der Waals surface area contributed by atoms with E-state index in [2.05, 4.69) is 39.6 Å². The summed E-state index contributed by atoms with van der Waals surface area (Å²) >= 11 is 1.54. The number of nitrogens with zero attached hydrogens (tertiary/aromatic N) is 3. The number of thiazole rings is 1. The Hall–Kier alpha value is -2.61. The molecule has 1 aromatic carbocycles. The van der Waals surface area contributed by atoms with Crippen LogP contribution in [-0.2, 0) is 4.79 Å². The third-order valence-electron chi connectivity index (χ3n) is 3.47. The number of hydrazone groups is 1. The fraction of sp³-hybridized carbons (Fsp3) is 0.353. The van der Waals surface area contributed by atoms with Crippen LogP contribution in [0.3, 0.4) is 0 Å². The van der Waals surface area contributed by atoms with Gasteiger partial charge in [-0.1, -0.05) is 23.5 Å². The van der Waals surface area contributed by atoms with Crippen LogP contribution in [0.1, 0.15) is 18.7 Å². The molecule has 0 atom stereocenters. The minimum Gasteiger partial charge on any atom is -0.495 e. The van der Waals surface area contributed by atoms with Crippen LogP contribution in [0.4, 0.5) is 10.8 Å². The number of hydrogen-bond donors (Lipinski definition) is 2. The first-order valence-corrected chi connectivity index (χ1v) is 8.89. The Morgan fingerprint density at radius 1 is 1.36 bits per heavy atom. The molecule has 1 heterocycles. The highest BCUT2D eigenvalue weighted by atomic mass is 32.1. The molecule has 2 rings (SSSR count). The average molecular weight is 361 g/mol. The summed E-state index contributed by atoms with van der Waals surface area (Å²) in [5.41, 5.74) is 3.26. The Balaban J connectivity index is 1.82. The van der Waals surface area contributed by atoms with Crippen molar-refractivity contribution in [3.8, 4) is 5.75 Å². The molecule has 0 saturated carbocycles. The number of para-hydroxylation sites is 2. The van der Waals surface area contributed by atoms with Crippen LogP contribution in [0.2, 0.25) is 0 Å². The van der Waals surface area contributed by atoms with Crippen LogP contribution >= 0.6 is 11.3 Å². The number of methoxy groups -OCH3 is 1. The van der Waals surface area contributed by atoms with Crippen LogP contribution < -0.4 is 20.4 Å². The van der Waals surface area contributed by atoms with E-state index < -0.39 is 0 Å². The lowest BCUT2D eigenvalue weighted by atomic mass is 10.3. The number of nitrogens with one attached hydrogen (secondary N) is 2. The smallest absolute Gasteiger partial charge is 0.259 e. The zero-order chi connectivity index (χ0) is 18.1. The minimum absolute atomic E-state index is 0.102. The molecule has 0 unspecified atom stereocenters. The van der Waals surface area contributed by atoms with Crippen molar-refractivity contribution in [1.29, 1.82) is 0 Å². The Bertz CT molecular complexity index is 713. The lowest BCUT2D eigenvalue weighted by Gasteiger charge is -2.16. The number of carbonyl (C=O) groups is 1. The molecular weight excluding hydrogens is 338 g/mol. The van der Waals surface area contributed by atoms with Gasteiger partial charge in [-0.3, -0.25) is 4.79 Å². The number of ether oxygens (including phenoxy) is 1. The zero-order valence-corrected chi connectivity index (χ0v) is 15.5. The number of rotatable bonds is 9. The summed E-state index contributed by atoms with van der Waals surface area (Å²) in [6, 6.07) is 7.42. The molecular formula is C17H23N5O2S. The fourth-order valence-corrected chi connectivity index (χ4v) is 3.06. The first kappa shape index (κ1) is 18.7. The quantitative estimate of drug-likeness (QED) is 0.530. The molecule has 0 aliphatic heterocycles. The maximum absolute atomic E-state index is 11.9. The molecule has 2 N–H and O–H groups in total. The summed E-state index contributed by atoms with van der Waals surface area (Å²) < 4.78 is 5.22. The predicted molar refractivity (Wildman–Crippen MR) is 103 cm³/mol. The van der Waals surface area contributed by atoms with E-state index in [-0.39, 0.29) is 12.5 Å². The van der Waals surface area contributed by atoms with Crippen molar-refractivity contribution >= 4 is 34.3 Å². The van der Waals surface area contributed by atoms with Gasteiger partial charge in [-0.05, 0) is 26.0 Å². The highest BCUT2D eigenvalue weighted by molar-refractivity contribution is 7.17. The molecule has 2 aromatic rings. The van der Waals surface area contributed by atoms with E-state index in [0.717, 1.165) is 28.8 Å². The first-order valence-electron chi connectivity index (χ1n) is 8.07. The van der Waals surface area contributed by atoms with Crippen molar-refractivity contribution in [3.05, 3.63) is 35.3 Å². The molecule has 0 saturated heterocycles. The fourth-order valence-electron chi connectivity index (χ4n) is 2.15. The molecule has 25 heavy (non-hydrogen) atoms. The van der Waals surface area contributed by atoms with E-state index in [0.29, 0.717) is 5.75 Å². The van der Waals surface area contributed by atoms with Crippen molar-refractivity contribution in [1.82, 2.24) is 10.4 Å². The highest BCUT2D eigenvalue weighted by Gasteiger charge is 2.07. The topological polar surface area (TPSA) is 78.9 Å². The second-order valence-corrected chi connectivity index (χ2v) is 6.11. The first-order chi connectivity index (χ1) is 12.2. The number of carbonyl (C=O) groups excluding carboxylic acids is 1. The van der Waals surface area contributed by atoms with Gasteiger partial charge in [0.25, 0.3) is 5.91 Å². The van der Waals surface area contributed by atoms with E-state index in [1.165, 1.54) is 11.3 Å². The van der Waals surface area contributed by atoms with E-state index in [9.17, 15) is 4.79 Å². The molecule has 1 aromatic heterocycles. The molecule has 7 nitrogen and oxygen atoms in total. The second kappa shape index (κ2) is 9.63. The van der Waals surface area contributed by atoms with Crippen molar-refractivity contribution in [2.75, 3.05) is 37.0 Å². The van der Waals surface area contributed by atoms with Gasteiger partial charge in [-0.2, -0.15) is 5.10 Å². The number of anilines is 2. The molecule has 0 spiro atoms. The molecule has 0 bridgehead atoms. The van der Waals surface area contributed by atoms with Crippen molar-refractivity contribution < 1.29 is 9.53 Å². The number of hydrogen-bond acceptors (Lipinski definition) is 7. The van der Waals surface area contributed by atoms with Crippen molar-refractivity contribution in [3.63, 3.8) is 0 Å². The monoisotopic (exact) mass is 361 g/mol. The lowest BCUT2D eigenvalue weighted by molar-refractivity contribution is -0.119. The van der Waals surface area contributed by atoms with Crippen LogP contribution in [0.5, 0.6) is 5.75 Å². The van der Waals surface area contributed by atoms with Gasteiger partial charge in [0.05, 0.1) is 30.4 Å². The van der Waals surface area contributed by atoms with Gasteiger partial charge in [0.15, 0.2) is 5.13 Å². The number of benzene rings is 1. The van der Waals surface area contributed by atoms with Crippen molar-refractivity contribution in [2.45, 2.75) is 13.8 Å². The normalized spacial score (nSPS) is 10.7. The zero-order valence-electron chi connectivity index (χ0n) is 14.7. The maximum atomic E-state index is 11.9. The van der Waals surface area contributed by atoms with Gasteiger partial charge >= 0.3 is 0 Å². The van der Waals surface area contributed by atoms with Crippen LogP contribution in [0, 0.1) is 0 Å². The van der Waals surface area contributed by atoms with Gasteiger partial charge in [0.2, 0.25) is 0 Å². The van der Waals surface area contributed by atoms with Gasteiger partial charge in [-0.25, -0.2) is 10.4 Å². The number of aromatic nitrogens is 1. The SMILES string of the molecule is CCN(CC)c1ncc(/C=N\NC(=O)CNc2ccccc2OC)s1. The van der Waals surface area contributed by atoms with Crippen LogP contribution in [0.25, 0.3) is 0 Å². The average Bonchev–Trinajstić information content (AvgIpc) is 3.10. The molecule has 1 amide bonds. The molecule has 0 aliphatic rings. The summed E-state index contributed by atoms with van der Waals surface area (Å²) in [4.78, 5) is 19.3. The Labute approximate surface area is 151 Å². The van der Waals surface area contributed by atoms with Crippen molar-refractivity contribution in [2.24, 2.45) is 5.10 Å². The minimum atomic E-state index is -0.240. The summed E-state index contributed by atoms with van der Waals surface area (Å²) in [5.74, 6) is 0.447. The van der Waals surface area contributed by atoms with Gasteiger partial charge in [0, 0.05) is 19.3 Å². The Kier molecular flexibility index (Phi) is 7.21. The Morgan fingerprint density at radius 3 is 2.84 bits per heavy atom. The second-order valence-electron chi connectivity index (χ2n) is 5.06. The van der Waals surface area contributed by atoms with Gasteiger partial charge in [-0.15, -0.1) is 0 Å². The van der Waals surface area contributed by atoms with Crippen LogP contribution in [-0.4, -0.2) is 43.8 Å². The molecule has 8 heteroatoms. The van der Waals surface area contributed by atoms with E-state index >= 15 is 0 Å². The van der Waals surface area contributed by atoms with E-state index in [4.69, 9.17) is 4.74 Å². The molecule has 0 fully saturated rings. The highest BCUT2D eigenvalue weighted by Crippen LogP contribution is 2.22. The summed E-state index contributed by atoms with van der Waals surface area (Å²) in [7, 11) is 1.59. The van der Waals surface area contributed by atoms with Gasteiger partial charge < -0.3 is 15.0 Å². The molecule has 0 radical (unpaired) electrons. The van der Waals surface area contributed by atoms with Crippen LogP contribution in [0.15, 0.2) is 35.6 Å². The third-order valence-corrected chi connectivity index (χ3v) is 4.47. The van der Waals surface area contributed by atoms with E-state index in [1.807, 2.05) is 24.3 Å². The largest absolute Gasteiger partial charge is 0.495 e. The standard InChI is InChI=1S/C17H23N5O2S/c1-4-22(5-2)17-19-10-13(25-17)11-20-21-16(23)12-18-14-8-6-7-9-15(14)24-3/h6-11,18H,4-5,12H2,1-3H3,(H,21,23)/b20-11-. The molecule has 0 aliphatic carbocycles. The summed E-state index contributed by atoms with van der Waals surface area (Å²) in [6.07, 6.45) is 3.35. The predicted octanol–water partition coefficient (Wildman–Crippen LogP) is 2.56. The summed E-state index contributed by atoms with van der Waals surface area (Å²) in [5, 5.41) is 7.95. The lowest BCUT2D eigenvalue weighted by Crippen LogP contribution is -2.25. The van der Waals surface area contributed by atoms with E-state index in [1.54, 1.807) is 19.5 Å². The summed E-state index contributed by atoms with van der Waals surface area (Å²) in [6.45, 7) is 6.10. The molecule has 134 valence electrons. The third kappa shape index (κ3) is 5.46.